The molecule has 0 saturated carbocycles. The van der Waals surface area contributed by atoms with E-state index in [1.165, 1.54) is 0 Å². The van der Waals surface area contributed by atoms with Gasteiger partial charge in [-0.1, -0.05) is 12.1 Å². The third-order valence-corrected chi connectivity index (χ3v) is 5.26. The largest absolute Gasteiger partial charge is 0.497 e. The second kappa shape index (κ2) is 9.80. The van der Waals surface area contributed by atoms with Crippen LogP contribution in [0.4, 0.5) is 5.69 Å². The van der Waals surface area contributed by atoms with Gasteiger partial charge in [0.15, 0.2) is 11.5 Å². The van der Waals surface area contributed by atoms with Crippen LogP contribution in [0.15, 0.2) is 42.6 Å². The fourth-order valence-corrected chi connectivity index (χ4v) is 3.62. The molecule has 1 aliphatic heterocycles. The van der Waals surface area contributed by atoms with Crippen molar-refractivity contribution in [1.82, 2.24) is 10.2 Å². The molecular formula is C23H25N3O6. The first kappa shape index (κ1) is 21.8. The van der Waals surface area contributed by atoms with Crippen molar-refractivity contribution in [1.29, 1.82) is 0 Å². The van der Waals surface area contributed by atoms with Gasteiger partial charge in [0.25, 0.3) is 5.91 Å². The van der Waals surface area contributed by atoms with Crippen LogP contribution in [-0.4, -0.2) is 63.8 Å². The number of aromatic nitrogens is 2. The molecule has 1 aliphatic rings. The standard InChI is InChI=1S/C23H25N3O6/c1-28-7-8-31-21-10-17-18(11-20(21)30-3)25-24-12-19(17)26-13-22(32-14-23(26)27)15-5-4-6-16(9-15)29-2/h4-6,9-12,22H,7-8,13-14H2,1-3H3. The maximum absolute atomic E-state index is 12.8. The summed E-state index contributed by atoms with van der Waals surface area (Å²) in [5.74, 6) is 1.64. The van der Waals surface area contributed by atoms with Crippen LogP contribution in [0.5, 0.6) is 17.2 Å². The predicted molar refractivity (Wildman–Crippen MR) is 118 cm³/mol. The van der Waals surface area contributed by atoms with Gasteiger partial charge in [0.1, 0.15) is 25.1 Å². The maximum Gasteiger partial charge on any atom is 0.253 e. The van der Waals surface area contributed by atoms with Gasteiger partial charge in [-0.25, -0.2) is 0 Å². The van der Waals surface area contributed by atoms with E-state index in [9.17, 15) is 4.79 Å². The zero-order chi connectivity index (χ0) is 22.5. The van der Waals surface area contributed by atoms with E-state index in [1.54, 1.807) is 38.5 Å². The molecule has 9 nitrogen and oxygen atoms in total. The van der Waals surface area contributed by atoms with E-state index in [0.29, 0.717) is 42.5 Å². The fourth-order valence-electron chi connectivity index (χ4n) is 3.62. The summed E-state index contributed by atoms with van der Waals surface area (Å²) in [4.78, 5) is 14.5. The third-order valence-electron chi connectivity index (χ3n) is 5.26. The van der Waals surface area contributed by atoms with Crippen LogP contribution >= 0.6 is 0 Å². The van der Waals surface area contributed by atoms with Crippen LogP contribution in [-0.2, 0) is 14.3 Å². The molecule has 1 aromatic heterocycles. The number of nitrogens with zero attached hydrogens (tertiary/aromatic N) is 3. The van der Waals surface area contributed by atoms with E-state index in [1.807, 2.05) is 30.3 Å². The number of rotatable bonds is 8. The molecule has 2 aromatic carbocycles. The van der Waals surface area contributed by atoms with E-state index < -0.39 is 0 Å². The smallest absolute Gasteiger partial charge is 0.253 e. The minimum Gasteiger partial charge on any atom is -0.497 e. The molecule has 32 heavy (non-hydrogen) atoms. The van der Waals surface area contributed by atoms with Gasteiger partial charge in [-0.15, -0.1) is 0 Å². The van der Waals surface area contributed by atoms with E-state index >= 15 is 0 Å². The molecule has 1 saturated heterocycles. The SMILES string of the molecule is COCCOc1cc2c(N3CC(c4cccc(OC)c4)OCC3=O)cnnc2cc1OC. The highest BCUT2D eigenvalue weighted by molar-refractivity contribution is 6.03. The first-order valence-corrected chi connectivity index (χ1v) is 10.2. The van der Waals surface area contributed by atoms with Gasteiger partial charge in [-0.3, -0.25) is 4.79 Å². The number of amides is 1. The maximum atomic E-state index is 12.8. The van der Waals surface area contributed by atoms with Crippen molar-refractivity contribution in [3.63, 3.8) is 0 Å². The molecule has 9 heteroatoms. The Kier molecular flexibility index (Phi) is 6.67. The van der Waals surface area contributed by atoms with Crippen LogP contribution < -0.4 is 19.1 Å². The fraction of sp³-hybridized carbons (Fsp3) is 0.348. The molecule has 1 unspecified atom stereocenters. The Labute approximate surface area is 185 Å². The molecule has 0 N–H and O–H groups in total. The number of carbonyl (C=O) groups excluding carboxylic acids is 1. The van der Waals surface area contributed by atoms with Crippen LogP contribution in [0.2, 0.25) is 0 Å². The van der Waals surface area contributed by atoms with Gasteiger partial charge in [0.05, 0.1) is 44.8 Å². The van der Waals surface area contributed by atoms with Gasteiger partial charge < -0.3 is 28.6 Å². The molecule has 1 amide bonds. The summed E-state index contributed by atoms with van der Waals surface area (Å²) in [6.07, 6.45) is 1.28. The molecule has 0 aliphatic carbocycles. The monoisotopic (exact) mass is 439 g/mol. The van der Waals surface area contributed by atoms with Gasteiger partial charge in [-0.05, 0) is 23.8 Å². The Morgan fingerprint density at radius 1 is 1.09 bits per heavy atom. The van der Waals surface area contributed by atoms with Crippen molar-refractivity contribution in [3.05, 3.63) is 48.2 Å². The molecule has 0 radical (unpaired) electrons. The topological polar surface area (TPSA) is 92.2 Å². The Morgan fingerprint density at radius 2 is 1.97 bits per heavy atom. The zero-order valence-electron chi connectivity index (χ0n) is 18.2. The lowest BCUT2D eigenvalue weighted by atomic mass is 10.1. The van der Waals surface area contributed by atoms with Gasteiger partial charge in [-0.2, -0.15) is 10.2 Å². The van der Waals surface area contributed by atoms with E-state index in [-0.39, 0.29) is 18.6 Å². The molecule has 0 spiro atoms. The highest BCUT2D eigenvalue weighted by atomic mass is 16.5. The van der Waals surface area contributed by atoms with E-state index in [4.69, 9.17) is 23.7 Å². The lowest BCUT2D eigenvalue weighted by Crippen LogP contribution is -2.43. The summed E-state index contributed by atoms with van der Waals surface area (Å²) >= 11 is 0. The van der Waals surface area contributed by atoms with E-state index in [0.717, 1.165) is 16.7 Å². The Balaban J connectivity index is 1.70. The van der Waals surface area contributed by atoms with Crippen molar-refractivity contribution >= 4 is 22.5 Å². The van der Waals surface area contributed by atoms with Gasteiger partial charge >= 0.3 is 0 Å². The highest BCUT2D eigenvalue weighted by Gasteiger charge is 2.30. The quantitative estimate of drug-likeness (QED) is 0.495. The molecular weight excluding hydrogens is 414 g/mol. The normalized spacial score (nSPS) is 16.3. The molecule has 2 heterocycles. The second-order valence-corrected chi connectivity index (χ2v) is 7.17. The summed E-state index contributed by atoms with van der Waals surface area (Å²) in [7, 11) is 4.79. The Morgan fingerprint density at radius 3 is 2.75 bits per heavy atom. The summed E-state index contributed by atoms with van der Waals surface area (Å²) in [5, 5.41) is 9.05. The number of hydrogen-bond acceptors (Lipinski definition) is 8. The zero-order valence-corrected chi connectivity index (χ0v) is 18.2. The first-order valence-electron chi connectivity index (χ1n) is 10.2. The van der Waals surface area contributed by atoms with Crippen LogP contribution in [0.1, 0.15) is 11.7 Å². The summed E-state index contributed by atoms with van der Waals surface area (Å²) in [5.41, 5.74) is 2.16. The number of hydrogen-bond donors (Lipinski definition) is 0. The summed E-state index contributed by atoms with van der Waals surface area (Å²) in [6.45, 7) is 1.09. The minimum atomic E-state index is -0.304. The van der Waals surface area contributed by atoms with Crippen molar-refractivity contribution < 1.29 is 28.5 Å². The molecule has 1 atom stereocenters. The molecule has 3 aromatic rings. The molecule has 1 fully saturated rings. The second-order valence-electron chi connectivity index (χ2n) is 7.17. The number of morpholine rings is 1. The van der Waals surface area contributed by atoms with Crippen LogP contribution in [0.3, 0.4) is 0 Å². The van der Waals surface area contributed by atoms with Crippen molar-refractivity contribution in [2.45, 2.75) is 6.10 Å². The number of ether oxygens (including phenoxy) is 5. The van der Waals surface area contributed by atoms with Crippen LogP contribution in [0.25, 0.3) is 10.9 Å². The number of methoxy groups -OCH3 is 3. The number of benzene rings is 2. The molecule has 4 rings (SSSR count). The van der Waals surface area contributed by atoms with Crippen molar-refractivity contribution in [2.24, 2.45) is 0 Å². The lowest BCUT2D eigenvalue weighted by Gasteiger charge is -2.33. The Bertz CT molecular complexity index is 1110. The number of anilines is 1. The minimum absolute atomic E-state index is 0.0426. The molecule has 0 bridgehead atoms. The number of carbonyl (C=O) groups is 1. The average Bonchev–Trinajstić information content (AvgIpc) is 2.83. The van der Waals surface area contributed by atoms with Gasteiger partial charge in [0, 0.05) is 18.6 Å². The molecule has 168 valence electrons. The lowest BCUT2D eigenvalue weighted by molar-refractivity contribution is -0.129. The van der Waals surface area contributed by atoms with Gasteiger partial charge in [0.2, 0.25) is 0 Å². The third kappa shape index (κ3) is 4.44. The van der Waals surface area contributed by atoms with Crippen molar-refractivity contribution in [2.75, 3.05) is 52.6 Å². The van der Waals surface area contributed by atoms with E-state index in [2.05, 4.69) is 10.2 Å². The van der Waals surface area contributed by atoms with Crippen molar-refractivity contribution in [3.8, 4) is 17.2 Å². The first-order chi connectivity index (χ1) is 15.6. The predicted octanol–water partition coefficient (Wildman–Crippen LogP) is 2.78. The summed E-state index contributed by atoms with van der Waals surface area (Å²) < 4.78 is 27.5. The Hall–Kier alpha value is -3.43. The van der Waals surface area contributed by atoms with Crippen LogP contribution in [0, 0.1) is 0 Å². The highest BCUT2D eigenvalue weighted by Crippen LogP contribution is 2.37. The summed E-state index contributed by atoms with van der Waals surface area (Å²) in [6, 6.07) is 11.2. The average molecular weight is 439 g/mol. The number of fused-ring (bicyclic) bond motifs is 1.